The lowest BCUT2D eigenvalue weighted by Crippen LogP contribution is -2.18. The molecule has 1 fully saturated rings. The molecular weight excluding hydrogens is 248 g/mol. The molecule has 1 aliphatic carbocycles. The van der Waals surface area contributed by atoms with Gasteiger partial charge in [-0.2, -0.15) is 0 Å². The van der Waals surface area contributed by atoms with Crippen LogP contribution >= 0.6 is 0 Å². The van der Waals surface area contributed by atoms with Gasteiger partial charge in [0.2, 0.25) is 5.82 Å². The summed E-state index contributed by atoms with van der Waals surface area (Å²) >= 11 is 0. The number of methoxy groups -OCH3 is 1. The lowest BCUT2D eigenvalue weighted by molar-refractivity contribution is -0.384. The summed E-state index contributed by atoms with van der Waals surface area (Å²) in [7, 11) is 1.70. The molecule has 7 heteroatoms. The van der Waals surface area contributed by atoms with E-state index in [2.05, 4.69) is 10.3 Å². The molecule has 0 aliphatic heterocycles. The highest BCUT2D eigenvalue weighted by atomic mass is 16.6. The predicted octanol–water partition coefficient (Wildman–Crippen LogP) is 1.80. The van der Waals surface area contributed by atoms with Gasteiger partial charge in [-0.3, -0.25) is 10.1 Å². The SMILES string of the molecule is COCCC1(CNc2ccc([N+](=O)[O-])c(N)n2)CC1. The molecule has 0 spiro atoms. The van der Waals surface area contributed by atoms with Crippen LogP contribution in [-0.4, -0.2) is 30.2 Å². The third-order valence-corrected chi connectivity index (χ3v) is 3.54. The minimum atomic E-state index is -0.535. The Hall–Kier alpha value is -1.89. The average molecular weight is 266 g/mol. The summed E-state index contributed by atoms with van der Waals surface area (Å²) in [5.41, 5.74) is 5.67. The highest BCUT2D eigenvalue weighted by Gasteiger charge is 2.41. The van der Waals surface area contributed by atoms with Gasteiger partial charge in [0, 0.05) is 26.3 Å². The van der Waals surface area contributed by atoms with Crippen LogP contribution in [-0.2, 0) is 4.74 Å². The van der Waals surface area contributed by atoms with E-state index in [0.717, 1.165) is 19.6 Å². The van der Waals surface area contributed by atoms with Crippen LogP contribution in [0.1, 0.15) is 19.3 Å². The maximum absolute atomic E-state index is 10.6. The van der Waals surface area contributed by atoms with Gasteiger partial charge >= 0.3 is 5.69 Å². The molecule has 3 N–H and O–H groups in total. The van der Waals surface area contributed by atoms with Crippen LogP contribution in [0, 0.1) is 15.5 Å². The van der Waals surface area contributed by atoms with E-state index in [1.807, 2.05) is 0 Å². The highest BCUT2D eigenvalue weighted by molar-refractivity contribution is 5.57. The van der Waals surface area contributed by atoms with Crippen molar-refractivity contribution in [2.45, 2.75) is 19.3 Å². The van der Waals surface area contributed by atoms with Crippen LogP contribution in [0.5, 0.6) is 0 Å². The normalized spacial score (nSPS) is 16.1. The van der Waals surface area contributed by atoms with Crippen molar-refractivity contribution < 1.29 is 9.66 Å². The third-order valence-electron chi connectivity index (χ3n) is 3.54. The number of pyridine rings is 1. The molecule has 1 aromatic rings. The van der Waals surface area contributed by atoms with E-state index in [4.69, 9.17) is 10.5 Å². The van der Waals surface area contributed by atoms with Crippen molar-refractivity contribution in [3.8, 4) is 0 Å². The van der Waals surface area contributed by atoms with Crippen LogP contribution in [0.4, 0.5) is 17.3 Å². The van der Waals surface area contributed by atoms with Gasteiger partial charge in [-0.05, 0) is 30.7 Å². The van der Waals surface area contributed by atoms with Gasteiger partial charge in [0.1, 0.15) is 5.82 Å². The molecule has 0 aromatic carbocycles. The second kappa shape index (κ2) is 5.40. The summed E-state index contributed by atoms with van der Waals surface area (Å²) in [4.78, 5) is 14.1. The zero-order chi connectivity index (χ0) is 13.9. The highest BCUT2D eigenvalue weighted by Crippen LogP contribution is 2.48. The first-order chi connectivity index (χ1) is 9.06. The fraction of sp³-hybridized carbons (Fsp3) is 0.583. The summed E-state index contributed by atoms with van der Waals surface area (Å²) in [5, 5.41) is 13.8. The van der Waals surface area contributed by atoms with Gasteiger partial charge < -0.3 is 15.8 Å². The first kappa shape index (κ1) is 13.5. The number of aromatic nitrogens is 1. The van der Waals surface area contributed by atoms with E-state index in [1.165, 1.54) is 18.9 Å². The third kappa shape index (κ3) is 3.31. The van der Waals surface area contributed by atoms with Crippen LogP contribution in [0.25, 0.3) is 0 Å². The largest absolute Gasteiger partial charge is 0.385 e. The van der Waals surface area contributed by atoms with E-state index in [9.17, 15) is 10.1 Å². The maximum atomic E-state index is 10.6. The summed E-state index contributed by atoms with van der Waals surface area (Å²) in [5.74, 6) is 0.517. The minimum absolute atomic E-state index is 0.0586. The standard InChI is InChI=1S/C12H18N4O3/c1-19-7-6-12(4-5-12)8-14-10-3-2-9(16(17)18)11(13)15-10/h2-3H,4-8H2,1H3,(H3,13,14,15). The van der Waals surface area contributed by atoms with Gasteiger partial charge in [0.25, 0.3) is 0 Å². The fourth-order valence-corrected chi connectivity index (χ4v) is 2.01. The molecule has 104 valence electrons. The molecule has 19 heavy (non-hydrogen) atoms. The number of ether oxygens (including phenoxy) is 1. The van der Waals surface area contributed by atoms with Crippen molar-refractivity contribution in [3.63, 3.8) is 0 Å². The first-order valence-electron chi connectivity index (χ1n) is 6.20. The second-order valence-electron chi connectivity index (χ2n) is 4.95. The average Bonchev–Trinajstić information content (AvgIpc) is 3.14. The van der Waals surface area contributed by atoms with Crippen molar-refractivity contribution in [3.05, 3.63) is 22.2 Å². The molecule has 0 bridgehead atoms. The van der Waals surface area contributed by atoms with Gasteiger partial charge in [-0.1, -0.05) is 0 Å². The molecular formula is C12H18N4O3. The van der Waals surface area contributed by atoms with Crippen molar-refractivity contribution in [1.82, 2.24) is 4.98 Å². The molecule has 1 saturated carbocycles. The monoisotopic (exact) mass is 266 g/mol. The molecule has 0 amide bonds. The Bertz CT molecular complexity index is 474. The lowest BCUT2D eigenvalue weighted by atomic mass is 10.0. The summed E-state index contributed by atoms with van der Waals surface area (Å²) in [6.45, 7) is 1.54. The molecule has 0 saturated heterocycles. The number of hydrogen-bond acceptors (Lipinski definition) is 6. The van der Waals surface area contributed by atoms with Gasteiger partial charge in [0.15, 0.2) is 0 Å². The molecule has 0 unspecified atom stereocenters. The van der Waals surface area contributed by atoms with Crippen LogP contribution in [0.2, 0.25) is 0 Å². The molecule has 1 aliphatic rings. The molecule has 7 nitrogen and oxygen atoms in total. The Kier molecular flexibility index (Phi) is 3.84. The van der Waals surface area contributed by atoms with Crippen molar-refractivity contribution in [2.24, 2.45) is 5.41 Å². The van der Waals surface area contributed by atoms with E-state index >= 15 is 0 Å². The zero-order valence-corrected chi connectivity index (χ0v) is 10.9. The number of nitrogens with zero attached hydrogens (tertiary/aromatic N) is 2. The number of hydrogen-bond donors (Lipinski definition) is 2. The van der Waals surface area contributed by atoms with Gasteiger partial charge in [-0.15, -0.1) is 0 Å². The molecule has 0 radical (unpaired) electrons. The van der Waals surface area contributed by atoms with Crippen LogP contribution < -0.4 is 11.1 Å². The maximum Gasteiger partial charge on any atom is 0.311 e. The predicted molar refractivity (Wildman–Crippen MR) is 72.0 cm³/mol. The van der Waals surface area contributed by atoms with Crippen molar-refractivity contribution in [1.29, 1.82) is 0 Å². The van der Waals surface area contributed by atoms with Gasteiger partial charge in [0.05, 0.1) is 4.92 Å². The Balaban J connectivity index is 1.93. The van der Waals surface area contributed by atoms with Gasteiger partial charge in [-0.25, -0.2) is 4.98 Å². The Labute approximate surface area is 111 Å². The van der Waals surface area contributed by atoms with E-state index in [0.29, 0.717) is 5.82 Å². The molecule has 1 aromatic heterocycles. The number of nitro groups is 1. The quantitative estimate of drug-likeness (QED) is 0.576. The molecule has 2 rings (SSSR count). The number of nitrogen functional groups attached to an aromatic ring is 1. The minimum Gasteiger partial charge on any atom is -0.385 e. The fourth-order valence-electron chi connectivity index (χ4n) is 2.01. The zero-order valence-electron chi connectivity index (χ0n) is 10.9. The molecule has 1 heterocycles. The van der Waals surface area contributed by atoms with E-state index in [1.54, 1.807) is 13.2 Å². The first-order valence-corrected chi connectivity index (χ1v) is 6.20. The second-order valence-corrected chi connectivity index (χ2v) is 4.95. The number of anilines is 2. The summed E-state index contributed by atoms with van der Waals surface area (Å²) in [6.07, 6.45) is 3.36. The Morgan fingerprint density at radius 3 is 2.84 bits per heavy atom. The Morgan fingerprint density at radius 1 is 1.58 bits per heavy atom. The van der Waals surface area contributed by atoms with Crippen molar-refractivity contribution in [2.75, 3.05) is 31.3 Å². The van der Waals surface area contributed by atoms with E-state index in [-0.39, 0.29) is 16.9 Å². The lowest BCUT2D eigenvalue weighted by Gasteiger charge is -2.15. The number of nitrogens with one attached hydrogen (secondary N) is 1. The smallest absolute Gasteiger partial charge is 0.311 e. The van der Waals surface area contributed by atoms with Crippen molar-refractivity contribution >= 4 is 17.3 Å². The van der Waals surface area contributed by atoms with Crippen LogP contribution in [0.15, 0.2) is 12.1 Å². The summed E-state index contributed by atoms with van der Waals surface area (Å²) in [6, 6.07) is 2.96. The Morgan fingerprint density at radius 2 is 2.32 bits per heavy atom. The molecule has 0 atom stereocenters. The van der Waals surface area contributed by atoms with Crippen LogP contribution in [0.3, 0.4) is 0 Å². The number of nitrogens with two attached hydrogens (primary N) is 1. The topological polar surface area (TPSA) is 103 Å². The number of rotatable bonds is 7. The van der Waals surface area contributed by atoms with E-state index < -0.39 is 4.92 Å². The summed E-state index contributed by atoms with van der Waals surface area (Å²) < 4.78 is 5.09.